The summed E-state index contributed by atoms with van der Waals surface area (Å²) in [6.45, 7) is 4.09. The number of hydrogen-bond acceptors (Lipinski definition) is 5. The summed E-state index contributed by atoms with van der Waals surface area (Å²) in [5.41, 5.74) is 0. The summed E-state index contributed by atoms with van der Waals surface area (Å²) >= 11 is 0. The largest absolute Gasteiger partial charge is 0.394 e. The van der Waals surface area contributed by atoms with E-state index in [-0.39, 0.29) is 0 Å². The Balaban J connectivity index is 3.62. The molecule has 4 unspecified atom stereocenters. The number of carbonyl (C=O) groups excluding carboxylic acids is 1. The number of carbonyl (C=O) groups is 1. The van der Waals surface area contributed by atoms with Gasteiger partial charge in [-0.2, -0.15) is 0 Å². The topological polar surface area (TPSA) is 110 Å². The summed E-state index contributed by atoms with van der Waals surface area (Å²) in [4.78, 5) is 12.7. The summed E-state index contributed by atoms with van der Waals surface area (Å²) in [5, 5.41) is 44.2. The number of rotatable bonds is 65. The van der Waals surface area contributed by atoms with Crippen molar-refractivity contribution in [2.24, 2.45) is 0 Å². The lowest BCUT2D eigenvalue weighted by molar-refractivity contribution is -0.132. The van der Waals surface area contributed by atoms with Gasteiger partial charge in [0.15, 0.2) is 0 Å². The van der Waals surface area contributed by atoms with Gasteiger partial charge in [-0.25, -0.2) is 0 Å². The molecule has 0 aliphatic heterocycles. The average Bonchev–Trinajstić information content (AvgIpc) is 3.45. The molecule has 460 valence electrons. The lowest BCUT2D eigenvalue weighted by atomic mass is 10.00. The zero-order chi connectivity index (χ0) is 56.6. The fourth-order valence-electron chi connectivity index (χ4n) is 11.0. The molecule has 5 N–H and O–H groups in total. The van der Waals surface area contributed by atoms with Crippen molar-refractivity contribution in [1.29, 1.82) is 0 Å². The van der Waals surface area contributed by atoms with Crippen molar-refractivity contribution in [1.82, 2.24) is 5.32 Å². The van der Waals surface area contributed by atoms with E-state index in [2.05, 4.69) is 67.8 Å². The van der Waals surface area contributed by atoms with Crippen LogP contribution in [0, 0.1) is 0 Å². The van der Waals surface area contributed by atoms with Crippen LogP contribution in [0.5, 0.6) is 0 Å². The van der Waals surface area contributed by atoms with Crippen LogP contribution < -0.4 is 5.32 Å². The van der Waals surface area contributed by atoms with Crippen LogP contribution in [0.1, 0.15) is 373 Å². The van der Waals surface area contributed by atoms with Gasteiger partial charge in [0.25, 0.3) is 0 Å². The number of amides is 1. The Kier molecular flexibility index (Phi) is 64.6. The molecule has 6 nitrogen and oxygen atoms in total. The molecule has 0 bridgehead atoms. The first-order chi connectivity index (χ1) is 38.5. The van der Waals surface area contributed by atoms with Crippen molar-refractivity contribution in [3.63, 3.8) is 0 Å². The first-order valence-electron chi connectivity index (χ1n) is 35.0. The molecular weight excluding hydrogens is 959 g/mol. The molecule has 0 aromatic rings. The number of hydrogen-bond donors (Lipinski definition) is 5. The van der Waals surface area contributed by atoms with Crippen LogP contribution in [-0.4, -0.2) is 57.3 Å². The zero-order valence-electron chi connectivity index (χ0n) is 52.4. The second-order valence-corrected chi connectivity index (χ2v) is 24.2. The zero-order valence-corrected chi connectivity index (χ0v) is 52.4. The summed E-state index contributed by atoms with van der Waals surface area (Å²) in [7, 11) is 0. The molecule has 0 heterocycles. The van der Waals surface area contributed by atoms with Crippen LogP contribution in [0.25, 0.3) is 0 Å². The van der Waals surface area contributed by atoms with Crippen molar-refractivity contribution in [3.8, 4) is 0 Å². The Labute approximate surface area is 487 Å². The molecule has 0 aromatic heterocycles. The van der Waals surface area contributed by atoms with Gasteiger partial charge in [-0.15, -0.1) is 0 Å². The third kappa shape index (κ3) is 58.9. The van der Waals surface area contributed by atoms with E-state index in [4.69, 9.17) is 0 Å². The Morgan fingerprint density at radius 1 is 0.308 bits per heavy atom. The monoisotopic (exact) mass is 1100 g/mol. The van der Waals surface area contributed by atoms with Crippen LogP contribution in [0.15, 0.2) is 48.6 Å². The second-order valence-electron chi connectivity index (χ2n) is 24.2. The minimum absolute atomic E-state index is 0.359. The number of nitrogens with one attached hydrogen (secondary N) is 1. The van der Waals surface area contributed by atoms with Crippen molar-refractivity contribution in [3.05, 3.63) is 48.6 Å². The summed E-state index contributed by atoms with van der Waals surface area (Å²) in [6.07, 6.45) is 86.7. The van der Waals surface area contributed by atoms with Gasteiger partial charge in [0.2, 0.25) is 5.91 Å². The first-order valence-corrected chi connectivity index (χ1v) is 35.0. The molecule has 1 amide bonds. The Hall–Kier alpha value is -1.73. The Bertz CT molecular complexity index is 1280. The molecule has 0 spiro atoms. The molecule has 4 atom stereocenters. The fraction of sp³-hybridized carbons (Fsp3) is 0.875. The normalized spacial score (nSPS) is 13.8. The molecule has 6 heteroatoms. The van der Waals surface area contributed by atoms with E-state index >= 15 is 0 Å². The van der Waals surface area contributed by atoms with E-state index < -0.39 is 36.9 Å². The van der Waals surface area contributed by atoms with Crippen LogP contribution in [-0.2, 0) is 4.79 Å². The third-order valence-corrected chi connectivity index (χ3v) is 16.5. The third-order valence-electron chi connectivity index (χ3n) is 16.5. The van der Waals surface area contributed by atoms with Gasteiger partial charge >= 0.3 is 0 Å². The molecule has 0 aliphatic carbocycles. The van der Waals surface area contributed by atoms with Gasteiger partial charge in [0.1, 0.15) is 12.2 Å². The summed E-state index contributed by atoms with van der Waals surface area (Å²) in [5.74, 6) is -0.595. The van der Waals surface area contributed by atoms with Gasteiger partial charge in [-0.05, 0) is 89.9 Å². The van der Waals surface area contributed by atoms with Crippen LogP contribution in [0.4, 0.5) is 0 Å². The lowest BCUT2D eigenvalue weighted by Gasteiger charge is -2.27. The highest BCUT2D eigenvalue weighted by Gasteiger charge is 2.28. The van der Waals surface area contributed by atoms with E-state index in [1.54, 1.807) is 0 Å². The maximum atomic E-state index is 12.7. The fourth-order valence-corrected chi connectivity index (χ4v) is 11.0. The smallest absolute Gasteiger partial charge is 0.249 e. The number of aliphatic hydroxyl groups is 4. The van der Waals surface area contributed by atoms with Crippen molar-refractivity contribution in [2.75, 3.05) is 6.61 Å². The average molecular weight is 1100 g/mol. The number of unbranched alkanes of at least 4 members (excludes halogenated alkanes) is 48. The second kappa shape index (κ2) is 66.1. The van der Waals surface area contributed by atoms with Crippen LogP contribution >= 0.6 is 0 Å². The first kappa shape index (κ1) is 76.3. The van der Waals surface area contributed by atoms with Gasteiger partial charge in [0.05, 0.1) is 18.8 Å². The minimum atomic E-state index is -1.30. The van der Waals surface area contributed by atoms with Crippen LogP contribution in [0.3, 0.4) is 0 Å². The molecule has 0 rings (SSSR count). The van der Waals surface area contributed by atoms with E-state index in [0.29, 0.717) is 19.3 Å². The SMILES string of the molecule is CCCCCCCCCCCCCC/C=C\CCCCCCCCCCCCCCCCC(O)C(=O)NC(CO)C(O)C(O)CCC/C=C/CC/C=C/CC/C=C/CCCCCCCCCCCCCCCCCCCCC. The standard InChI is InChI=1S/C72H137NO5/c1-3-5-7-9-11-13-15-17-19-21-23-25-27-29-31-33-35-36-38-39-41-43-45-47-49-51-53-55-57-59-61-63-65-69(75)71(77)68(67-74)73-72(78)70(76)66-64-62-60-58-56-54-52-50-48-46-44-42-40-37-34-32-30-28-26-24-22-20-18-16-14-12-10-8-6-4-2/h30,32,41,43,49,51,57,59,68-71,74-77H,3-29,31,33-40,42,44-48,50,52-56,58,60-67H2,1-2H3,(H,73,78)/b32-30-,43-41+,51-49+,59-57+. The molecule has 0 fully saturated rings. The molecule has 0 saturated carbocycles. The highest BCUT2D eigenvalue weighted by molar-refractivity contribution is 5.80. The molecule has 0 saturated heterocycles. The Morgan fingerprint density at radius 2 is 0.538 bits per heavy atom. The van der Waals surface area contributed by atoms with Gasteiger partial charge < -0.3 is 25.7 Å². The summed E-state index contributed by atoms with van der Waals surface area (Å²) in [6, 6.07) is -1.01. The van der Waals surface area contributed by atoms with Crippen LogP contribution in [0.2, 0.25) is 0 Å². The van der Waals surface area contributed by atoms with Gasteiger partial charge in [-0.3, -0.25) is 4.79 Å². The van der Waals surface area contributed by atoms with Crippen molar-refractivity contribution < 1.29 is 25.2 Å². The predicted molar refractivity (Wildman–Crippen MR) is 343 cm³/mol. The molecule has 78 heavy (non-hydrogen) atoms. The van der Waals surface area contributed by atoms with Gasteiger partial charge in [-0.1, -0.05) is 332 Å². The quantitative estimate of drug-likeness (QED) is 0.0308. The number of aliphatic hydroxyl groups excluding tert-OH is 4. The highest BCUT2D eigenvalue weighted by atomic mass is 16.3. The lowest BCUT2D eigenvalue weighted by Crippen LogP contribution is -2.53. The maximum absolute atomic E-state index is 12.7. The van der Waals surface area contributed by atoms with Crippen molar-refractivity contribution >= 4 is 5.91 Å². The van der Waals surface area contributed by atoms with E-state index in [0.717, 1.165) is 51.4 Å². The Morgan fingerprint density at radius 3 is 0.808 bits per heavy atom. The van der Waals surface area contributed by atoms with E-state index in [9.17, 15) is 25.2 Å². The maximum Gasteiger partial charge on any atom is 0.249 e. The van der Waals surface area contributed by atoms with E-state index in [1.807, 2.05) is 0 Å². The molecule has 0 radical (unpaired) electrons. The molecular formula is C72H137NO5. The number of allylic oxidation sites excluding steroid dienone is 8. The van der Waals surface area contributed by atoms with Crippen molar-refractivity contribution in [2.45, 2.75) is 398 Å². The molecule has 0 aromatic carbocycles. The highest BCUT2D eigenvalue weighted by Crippen LogP contribution is 2.19. The minimum Gasteiger partial charge on any atom is -0.394 e. The van der Waals surface area contributed by atoms with Gasteiger partial charge in [0, 0.05) is 0 Å². The molecule has 0 aliphatic rings. The summed E-state index contributed by atoms with van der Waals surface area (Å²) < 4.78 is 0. The van der Waals surface area contributed by atoms with E-state index in [1.165, 1.54) is 289 Å². The predicted octanol–water partition coefficient (Wildman–Crippen LogP) is 21.7.